The molecule has 0 aromatic carbocycles. The Labute approximate surface area is 129 Å². The average molecular weight is 320 g/mol. The second-order valence-electron chi connectivity index (χ2n) is 5.46. The Morgan fingerprint density at radius 3 is 2.65 bits per heavy atom. The molecule has 0 spiro atoms. The number of carbonyl (C=O) groups excluding carboxylic acids is 1. The summed E-state index contributed by atoms with van der Waals surface area (Å²) in [5.41, 5.74) is 0. The minimum Gasteiger partial charge on any atom is -0.480 e. The summed E-state index contributed by atoms with van der Waals surface area (Å²) in [5, 5.41) is 12.1. The molecule has 0 saturated carbocycles. The van der Waals surface area contributed by atoms with E-state index in [0.717, 1.165) is 12.8 Å². The first kappa shape index (κ1) is 17.5. The highest BCUT2D eigenvalue weighted by molar-refractivity contribution is 8.00. The van der Waals surface area contributed by atoms with Crippen LogP contribution in [0.5, 0.6) is 0 Å². The summed E-state index contributed by atoms with van der Waals surface area (Å²) in [4.78, 5) is 25.1. The van der Waals surface area contributed by atoms with Gasteiger partial charge in [-0.3, -0.25) is 4.90 Å². The van der Waals surface area contributed by atoms with Crippen LogP contribution in [0, 0.1) is 0 Å². The second kappa shape index (κ2) is 7.45. The van der Waals surface area contributed by atoms with Gasteiger partial charge in [-0.2, -0.15) is 11.8 Å². The molecule has 1 rings (SSSR count). The number of hydrogen-bond acceptors (Lipinski definition) is 4. The van der Waals surface area contributed by atoms with E-state index in [-0.39, 0.29) is 16.2 Å². The van der Waals surface area contributed by atoms with E-state index in [1.807, 2.05) is 13.2 Å². The first-order valence-corrected chi connectivity index (χ1v) is 9.05. The van der Waals surface area contributed by atoms with Crippen molar-refractivity contribution >= 4 is 35.5 Å². The summed E-state index contributed by atoms with van der Waals surface area (Å²) in [6, 6.07) is -0.975. The second-order valence-corrected chi connectivity index (χ2v) is 8.18. The van der Waals surface area contributed by atoms with Gasteiger partial charge in [-0.1, -0.05) is 13.3 Å². The normalized spacial score (nSPS) is 22.9. The van der Waals surface area contributed by atoms with Gasteiger partial charge in [0.2, 0.25) is 0 Å². The number of carboxylic acids is 1. The van der Waals surface area contributed by atoms with Crippen molar-refractivity contribution in [2.75, 3.05) is 18.6 Å². The topological polar surface area (TPSA) is 69.6 Å². The first-order valence-electron chi connectivity index (χ1n) is 6.78. The molecule has 2 atom stereocenters. The van der Waals surface area contributed by atoms with Gasteiger partial charge in [0.15, 0.2) is 0 Å². The van der Waals surface area contributed by atoms with E-state index in [0.29, 0.717) is 12.3 Å². The van der Waals surface area contributed by atoms with Crippen LogP contribution in [0.4, 0.5) is 4.79 Å². The molecule has 1 aliphatic heterocycles. The maximum Gasteiger partial charge on any atom is 0.327 e. The number of nitrogens with zero attached hydrogens (tertiary/aromatic N) is 1. The summed E-state index contributed by atoms with van der Waals surface area (Å²) < 4.78 is -0.0541. The molecule has 1 heterocycles. The third kappa shape index (κ3) is 4.48. The van der Waals surface area contributed by atoms with Gasteiger partial charge in [-0.15, -0.1) is 11.8 Å². The lowest BCUT2D eigenvalue weighted by Gasteiger charge is -2.29. The van der Waals surface area contributed by atoms with E-state index in [1.54, 1.807) is 23.5 Å². The molecule has 0 radical (unpaired) electrons. The number of urea groups is 1. The molecule has 5 nitrogen and oxygen atoms in total. The molecule has 2 unspecified atom stereocenters. The highest BCUT2D eigenvalue weighted by Gasteiger charge is 2.41. The lowest BCUT2D eigenvalue weighted by molar-refractivity contribution is -0.141. The van der Waals surface area contributed by atoms with Crippen LogP contribution in [0.25, 0.3) is 0 Å². The van der Waals surface area contributed by atoms with Gasteiger partial charge in [0.25, 0.3) is 0 Å². The number of nitrogens with one attached hydrogen (secondary N) is 1. The molecular formula is C13H24N2O3S2. The highest BCUT2D eigenvalue weighted by atomic mass is 32.2. The predicted octanol–water partition coefficient (Wildman–Crippen LogP) is 2.47. The molecule has 1 fully saturated rings. The summed E-state index contributed by atoms with van der Waals surface area (Å²) in [5.74, 6) is -0.449. The molecule has 7 heteroatoms. The van der Waals surface area contributed by atoms with Crippen LogP contribution in [0.3, 0.4) is 0 Å². The third-order valence-corrected chi connectivity index (χ3v) is 5.97. The molecule has 2 amide bonds. The van der Waals surface area contributed by atoms with Crippen molar-refractivity contribution in [2.24, 2.45) is 0 Å². The fourth-order valence-corrected chi connectivity index (χ4v) is 3.68. The van der Waals surface area contributed by atoms with Crippen molar-refractivity contribution in [1.82, 2.24) is 10.2 Å². The standard InChI is InChI=1S/C13H24N2O3S2/c1-5-6-10-15(9(7-20-10)11(16)17)12(18)14-8-13(2,3)19-4/h9-10H,5-8H2,1-4H3,(H,14,18)(H,16,17). The molecule has 1 saturated heterocycles. The smallest absolute Gasteiger partial charge is 0.327 e. The summed E-state index contributed by atoms with van der Waals surface area (Å²) in [6.07, 6.45) is 3.76. The van der Waals surface area contributed by atoms with Crippen molar-refractivity contribution in [3.8, 4) is 0 Å². The number of amides is 2. The first-order chi connectivity index (χ1) is 9.32. The number of carboxylic acid groups (broad SMARTS) is 1. The number of aliphatic carboxylic acids is 1. The zero-order chi connectivity index (χ0) is 15.3. The van der Waals surface area contributed by atoms with E-state index in [9.17, 15) is 14.7 Å². The van der Waals surface area contributed by atoms with Gasteiger partial charge in [-0.05, 0) is 26.5 Å². The molecular weight excluding hydrogens is 296 g/mol. The quantitative estimate of drug-likeness (QED) is 0.787. The van der Waals surface area contributed by atoms with Crippen LogP contribution in [0.15, 0.2) is 0 Å². The molecule has 0 aromatic rings. The van der Waals surface area contributed by atoms with E-state index in [2.05, 4.69) is 19.2 Å². The Kier molecular flexibility index (Phi) is 6.51. The van der Waals surface area contributed by atoms with Crippen LogP contribution < -0.4 is 5.32 Å². The van der Waals surface area contributed by atoms with Gasteiger partial charge in [0.05, 0.1) is 5.37 Å². The summed E-state index contributed by atoms with van der Waals surface area (Å²) in [7, 11) is 0. The number of carbonyl (C=O) groups is 2. The SMILES string of the molecule is CCCC1SCC(C(=O)O)N1C(=O)NCC(C)(C)SC. The molecule has 0 bridgehead atoms. The fourth-order valence-electron chi connectivity index (χ4n) is 1.95. The molecule has 0 aliphatic carbocycles. The summed E-state index contributed by atoms with van der Waals surface area (Å²) >= 11 is 3.23. The molecule has 116 valence electrons. The Morgan fingerprint density at radius 1 is 1.50 bits per heavy atom. The van der Waals surface area contributed by atoms with Crippen molar-refractivity contribution < 1.29 is 14.7 Å². The van der Waals surface area contributed by atoms with Gasteiger partial charge < -0.3 is 10.4 Å². The Morgan fingerprint density at radius 2 is 2.15 bits per heavy atom. The average Bonchev–Trinajstić information content (AvgIpc) is 2.80. The van der Waals surface area contributed by atoms with Gasteiger partial charge in [-0.25, -0.2) is 9.59 Å². The van der Waals surface area contributed by atoms with E-state index in [4.69, 9.17) is 0 Å². The van der Waals surface area contributed by atoms with Gasteiger partial charge in [0, 0.05) is 17.0 Å². The van der Waals surface area contributed by atoms with Crippen LogP contribution >= 0.6 is 23.5 Å². The van der Waals surface area contributed by atoms with Crippen LogP contribution in [-0.2, 0) is 4.79 Å². The Hall–Kier alpha value is -0.560. The van der Waals surface area contributed by atoms with E-state index < -0.39 is 12.0 Å². The molecule has 2 N–H and O–H groups in total. The Bertz CT molecular complexity index is 364. The zero-order valence-corrected chi connectivity index (χ0v) is 14.1. The van der Waals surface area contributed by atoms with Crippen molar-refractivity contribution in [3.63, 3.8) is 0 Å². The van der Waals surface area contributed by atoms with Crippen molar-refractivity contribution in [3.05, 3.63) is 0 Å². The minimum absolute atomic E-state index is 0.0292. The molecule has 1 aliphatic rings. The number of rotatable bonds is 6. The van der Waals surface area contributed by atoms with Crippen molar-refractivity contribution in [1.29, 1.82) is 0 Å². The lowest BCUT2D eigenvalue weighted by atomic mass is 10.2. The van der Waals surface area contributed by atoms with Crippen LogP contribution in [0.2, 0.25) is 0 Å². The van der Waals surface area contributed by atoms with E-state index in [1.165, 1.54) is 4.90 Å². The molecule has 0 aromatic heterocycles. The van der Waals surface area contributed by atoms with Crippen molar-refractivity contribution in [2.45, 2.75) is 49.8 Å². The highest BCUT2D eigenvalue weighted by Crippen LogP contribution is 2.32. The third-order valence-electron chi connectivity index (χ3n) is 3.37. The zero-order valence-electron chi connectivity index (χ0n) is 12.5. The maximum absolute atomic E-state index is 12.3. The largest absolute Gasteiger partial charge is 0.480 e. The summed E-state index contributed by atoms with van der Waals surface area (Å²) in [6.45, 7) is 6.67. The lowest BCUT2D eigenvalue weighted by Crippen LogP contribution is -2.52. The number of hydrogen-bond donors (Lipinski definition) is 2. The minimum atomic E-state index is -0.921. The molecule has 20 heavy (non-hydrogen) atoms. The predicted molar refractivity (Wildman–Crippen MR) is 85.4 cm³/mol. The van der Waals surface area contributed by atoms with Crippen LogP contribution in [0.1, 0.15) is 33.6 Å². The monoisotopic (exact) mass is 320 g/mol. The van der Waals surface area contributed by atoms with Gasteiger partial charge in [0.1, 0.15) is 6.04 Å². The number of thioether (sulfide) groups is 2. The van der Waals surface area contributed by atoms with E-state index >= 15 is 0 Å². The maximum atomic E-state index is 12.3. The van der Waals surface area contributed by atoms with Crippen LogP contribution in [-0.4, -0.2) is 56.7 Å². The Balaban J connectivity index is 2.71. The fraction of sp³-hybridized carbons (Fsp3) is 0.846. The van der Waals surface area contributed by atoms with Gasteiger partial charge >= 0.3 is 12.0 Å².